The topological polar surface area (TPSA) is 67.2 Å². The number of hydrogen-bond acceptors (Lipinski definition) is 3. The van der Waals surface area contributed by atoms with E-state index in [2.05, 4.69) is 22.6 Å². The Hall–Kier alpha value is -2.20. The predicted molar refractivity (Wildman–Crippen MR) is 64.8 cm³/mol. The molecule has 7 heteroatoms. The van der Waals surface area contributed by atoms with Gasteiger partial charge in [-0.25, -0.2) is 0 Å². The van der Waals surface area contributed by atoms with Gasteiger partial charge in [0.1, 0.15) is 0 Å². The maximum atomic E-state index is 12.5. The highest BCUT2D eigenvalue weighted by Gasteiger charge is 2.30. The zero-order chi connectivity index (χ0) is 14.5. The van der Waals surface area contributed by atoms with Crippen LogP contribution in [0.1, 0.15) is 18.1 Å². The number of carbonyl (C=O) groups is 1. The predicted octanol–water partition coefficient (Wildman–Crippen LogP) is 1.48. The van der Waals surface area contributed by atoms with Gasteiger partial charge in [0.05, 0.1) is 17.8 Å². The molecule has 1 rings (SSSR count). The van der Waals surface area contributed by atoms with Gasteiger partial charge in [0.15, 0.2) is 0 Å². The lowest BCUT2D eigenvalue weighted by Gasteiger charge is -2.10. The zero-order valence-electron chi connectivity index (χ0n) is 10.1. The van der Waals surface area contributed by atoms with E-state index < -0.39 is 11.7 Å². The fourth-order valence-electron chi connectivity index (χ4n) is 1.26. The first-order chi connectivity index (χ1) is 8.84. The third-order valence-electron chi connectivity index (χ3n) is 2.15. The molecule has 1 aromatic carbocycles. The third-order valence-corrected chi connectivity index (χ3v) is 2.15. The van der Waals surface area contributed by atoms with Gasteiger partial charge in [0, 0.05) is 12.5 Å². The second-order valence-electron chi connectivity index (χ2n) is 3.61. The fourth-order valence-corrected chi connectivity index (χ4v) is 1.26. The molecule has 4 N–H and O–H groups in total. The van der Waals surface area contributed by atoms with Gasteiger partial charge in [0.25, 0.3) is 0 Å². The molecule has 0 aliphatic rings. The van der Waals surface area contributed by atoms with Crippen molar-refractivity contribution >= 4 is 11.6 Å². The smallest absolute Gasteiger partial charge is 0.345 e. The lowest BCUT2D eigenvalue weighted by Crippen LogP contribution is -2.19. The summed E-state index contributed by atoms with van der Waals surface area (Å²) in [6.45, 7) is 1.45. The number of hydrogen-bond donors (Lipinski definition) is 3. The Morgan fingerprint density at radius 2 is 2.11 bits per heavy atom. The molecule has 4 nitrogen and oxygen atoms in total. The van der Waals surface area contributed by atoms with Crippen LogP contribution in [-0.4, -0.2) is 12.5 Å². The number of anilines is 1. The Balaban J connectivity index is 2.93. The lowest BCUT2D eigenvalue weighted by molar-refractivity contribution is -0.137. The van der Waals surface area contributed by atoms with Crippen molar-refractivity contribution in [3.05, 3.63) is 29.3 Å². The van der Waals surface area contributed by atoms with Crippen LogP contribution in [0, 0.1) is 11.8 Å². The van der Waals surface area contributed by atoms with Gasteiger partial charge in [-0.05, 0) is 18.2 Å². The van der Waals surface area contributed by atoms with Crippen LogP contribution >= 0.6 is 0 Å². The van der Waals surface area contributed by atoms with Crippen LogP contribution in [0.5, 0.6) is 0 Å². The van der Waals surface area contributed by atoms with Crippen molar-refractivity contribution in [2.75, 3.05) is 12.0 Å². The molecule has 0 bridgehead atoms. The van der Waals surface area contributed by atoms with Crippen LogP contribution in [0.25, 0.3) is 0 Å². The highest BCUT2D eigenvalue weighted by atomic mass is 19.4. The molecule has 0 atom stereocenters. The van der Waals surface area contributed by atoms with Gasteiger partial charge in [-0.15, -0.1) is 0 Å². The fraction of sp³-hybridized carbons (Fsp3) is 0.250. The largest absolute Gasteiger partial charge is 0.416 e. The summed E-state index contributed by atoms with van der Waals surface area (Å²) >= 11 is 0. The van der Waals surface area contributed by atoms with Crippen molar-refractivity contribution < 1.29 is 18.0 Å². The minimum Gasteiger partial charge on any atom is -0.345 e. The molecular weight excluding hydrogens is 259 g/mol. The minimum absolute atomic E-state index is 0.0742. The number of nitrogen functional groups attached to an aromatic ring is 1. The summed E-state index contributed by atoms with van der Waals surface area (Å²) in [5.41, 5.74) is 1.75. The van der Waals surface area contributed by atoms with Crippen molar-refractivity contribution in [3.63, 3.8) is 0 Å². The number of nitrogens with one attached hydrogen (secondary N) is 2. The van der Waals surface area contributed by atoms with E-state index in [-0.39, 0.29) is 18.1 Å². The Morgan fingerprint density at radius 3 is 2.63 bits per heavy atom. The second kappa shape index (κ2) is 6.11. The average Bonchev–Trinajstić information content (AvgIpc) is 2.33. The molecule has 0 aliphatic heterocycles. The van der Waals surface area contributed by atoms with Gasteiger partial charge in [-0.2, -0.15) is 13.2 Å². The van der Waals surface area contributed by atoms with E-state index in [4.69, 9.17) is 5.84 Å². The number of amides is 1. The Morgan fingerprint density at radius 1 is 1.42 bits per heavy atom. The standard InChI is InChI=1S/C12H12F3N3O/c1-8(19)17-6-2-3-9-4-5-10(12(13,14)15)7-11(9)18-16/h4-5,7,18H,6,16H2,1H3,(H,17,19). The number of nitrogens with two attached hydrogens (primary N) is 1. The summed E-state index contributed by atoms with van der Waals surface area (Å²) in [5.74, 6) is 10.2. The van der Waals surface area contributed by atoms with E-state index in [0.717, 1.165) is 12.1 Å². The van der Waals surface area contributed by atoms with Crippen LogP contribution < -0.4 is 16.6 Å². The first-order valence-electron chi connectivity index (χ1n) is 5.25. The maximum absolute atomic E-state index is 12.5. The van der Waals surface area contributed by atoms with Crippen LogP contribution in [-0.2, 0) is 11.0 Å². The van der Waals surface area contributed by atoms with E-state index in [1.54, 1.807) is 0 Å². The van der Waals surface area contributed by atoms with Crippen molar-refractivity contribution in [2.45, 2.75) is 13.1 Å². The summed E-state index contributed by atoms with van der Waals surface area (Å²) in [6.07, 6.45) is -4.44. The molecule has 0 saturated carbocycles. The molecule has 0 unspecified atom stereocenters. The molecular formula is C12H12F3N3O. The number of carbonyl (C=O) groups excluding carboxylic acids is 1. The Labute approximate surface area is 108 Å². The summed E-state index contributed by atoms with van der Waals surface area (Å²) in [6, 6.07) is 3.02. The molecule has 0 radical (unpaired) electrons. The minimum atomic E-state index is -4.44. The summed E-state index contributed by atoms with van der Waals surface area (Å²) < 4.78 is 37.4. The van der Waals surface area contributed by atoms with Gasteiger partial charge < -0.3 is 10.7 Å². The first-order valence-corrected chi connectivity index (χ1v) is 5.25. The van der Waals surface area contributed by atoms with E-state index in [1.165, 1.54) is 13.0 Å². The molecule has 0 aromatic heterocycles. The van der Waals surface area contributed by atoms with Crippen LogP contribution in [0.2, 0.25) is 0 Å². The van der Waals surface area contributed by atoms with Gasteiger partial charge in [-0.3, -0.25) is 10.6 Å². The van der Waals surface area contributed by atoms with Gasteiger partial charge >= 0.3 is 6.18 Å². The van der Waals surface area contributed by atoms with Crippen molar-refractivity contribution in [1.82, 2.24) is 5.32 Å². The summed E-state index contributed by atoms with van der Waals surface area (Å²) in [5, 5.41) is 2.44. The molecule has 102 valence electrons. The first kappa shape index (κ1) is 14.9. The Bertz CT molecular complexity index is 529. The summed E-state index contributed by atoms with van der Waals surface area (Å²) in [4.78, 5) is 10.6. The highest BCUT2D eigenvalue weighted by molar-refractivity contribution is 5.73. The molecule has 0 spiro atoms. The maximum Gasteiger partial charge on any atom is 0.416 e. The molecule has 1 aromatic rings. The van der Waals surface area contributed by atoms with Crippen molar-refractivity contribution in [3.8, 4) is 11.8 Å². The van der Waals surface area contributed by atoms with Crippen LogP contribution in [0.4, 0.5) is 18.9 Å². The van der Waals surface area contributed by atoms with Crippen LogP contribution in [0.3, 0.4) is 0 Å². The normalized spacial score (nSPS) is 10.4. The number of benzene rings is 1. The SMILES string of the molecule is CC(=O)NCC#Cc1ccc(C(F)(F)F)cc1NN. The molecule has 0 aliphatic carbocycles. The lowest BCUT2D eigenvalue weighted by atomic mass is 10.1. The van der Waals surface area contributed by atoms with E-state index >= 15 is 0 Å². The number of alkyl halides is 3. The average molecular weight is 271 g/mol. The Kier molecular flexibility index (Phi) is 4.78. The van der Waals surface area contributed by atoms with Gasteiger partial charge in [-0.1, -0.05) is 11.8 Å². The van der Waals surface area contributed by atoms with E-state index in [0.29, 0.717) is 5.56 Å². The summed E-state index contributed by atoms with van der Waals surface area (Å²) in [7, 11) is 0. The highest BCUT2D eigenvalue weighted by Crippen LogP contribution is 2.31. The molecule has 1 amide bonds. The van der Waals surface area contributed by atoms with Crippen molar-refractivity contribution in [1.29, 1.82) is 0 Å². The number of halogens is 3. The van der Waals surface area contributed by atoms with Gasteiger partial charge in [0.2, 0.25) is 5.91 Å². The number of rotatable bonds is 2. The molecule has 0 heterocycles. The second-order valence-corrected chi connectivity index (χ2v) is 3.61. The molecule has 0 fully saturated rings. The molecule has 0 saturated heterocycles. The van der Waals surface area contributed by atoms with E-state index in [1.807, 2.05) is 0 Å². The monoisotopic (exact) mass is 271 g/mol. The van der Waals surface area contributed by atoms with E-state index in [9.17, 15) is 18.0 Å². The van der Waals surface area contributed by atoms with Crippen molar-refractivity contribution in [2.24, 2.45) is 5.84 Å². The number of hydrazine groups is 1. The zero-order valence-corrected chi connectivity index (χ0v) is 10.1. The third kappa shape index (κ3) is 4.52. The quantitative estimate of drug-likeness (QED) is 0.433. The molecule has 19 heavy (non-hydrogen) atoms. The van der Waals surface area contributed by atoms with Crippen LogP contribution in [0.15, 0.2) is 18.2 Å².